The van der Waals surface area contributed by atoms with E-state index in [0.29, 0.717) is 11.5 Å². The van der Waals surface area contributed by atoms with Crippen LogP contribution in [0.4, 0.5) is 5.69 Å². The molecule has 1 heterocycles. The van der Waals surface area contributed by atoms with Crippen LogP contribution < -0.4 is 5.32 Å². The third-order valence-electron chi connectivity index (χ3n) is 4.90. The van der Waals surface area contributed by atoms with Gasteiger partial charge in [-0.2, -0.15) is 5.26 Å². The topological polar surface area (TPSA) is 48.7 Å². The van der Waals surface area contributed by atoms with Gasteiger partial charge in [0.2, 0.25) is 0 Å². The molecule has 3 aromatic rings. The number of rotatable bonds is 9. The van der Waals surface area contributed by atoms with Crippen molar-refractivity contribution in [2.75, 3.05) is 5.32 Å². The minimum atomic E-state index is 0.540. The van der Waals surface area contributed by atoms with Gasteiger partial charge in [0.15, 0.2) is 0 Å². The summed E-state index contributed by atoms with van der Waals surface area (Å²) in [6.45, 7) is 6.66. The highest BCUT2D eigenvalue weighted by Gasteiger charge is 2.09. The first-order chi connectivity index (χ1) is 14.6. The van der Waals surface area contributed by atoms with Crippen LogP contribution in [0.5, 0.6) is 0 Å². The fraction of sp³-hybridized carbons (Fsp3) is 0.308. The molecule has 0 atom stereocenters. The van der Waals surface area contributed by atoms with Gasteiger partial charge in [-0.25, -0.2) is 4.98 Å². The van der Waals surface area contributed by atoms with Crippen molar-refractivity contribution in [1.82, 2.24) is 4.98 Å². The summed E-state index contributed by atoms with van der Waals surface area (Å²) in [4.78, 5) is 4.69. The second-order valence-corrected chi connectivity index (χ2v) is 8.81. The molecule has 4 heteroatoms. The number of benzene rings is 2. The molecular formula is C26H29N3S. The van der Waals surface area contributed by atoms with Gasteiger partial charge in [0.1, 0.15) is 16.6 Å². The van der Waals surface area contributed by atoms with E-state index in [2.05, 4.69) is 80.7 Å². The zero-order valence-corrected chi connectivity index (χ0v) is 18.8. The molecule has 0 aliphatic heterocycles. The summed E-state index contributed by atoms with van der Waals surface area (Å²) in [5, 5.41) is 15.6. The van der Waals surface area contributed by atoms with Gasteiger partial charge in [-0.1, -0.05) is 63.6 Å². The van der Waals surface area contributed by atoms with E-state index in [1.54, 1.807) is 6.20 Å². The molecule has 0 unspecified atom stereocenters. The van der Waals surface area contributed by atoms with Crippen LogP contribution in [0.15, 0.2) is 60.1 Å². The van der Waals surface area contributed by atoms with E-state index in [9.17, 15) is 5.26 Å². The third kappa shape index (κ3) is 6.05. The molecule has 0 aliphatic rings. The Kier molecular flexibility index (Phi) is 7.82. The van der Waals surface area contributed by atoms with E-state index in [4.69, 9.17) is 4.98 Å². The smallest absolute Gasteiger partial charge is 0.136 e. The predicted octanol–water partition coefficient (Wildman–Crippen LogP) is 7.33. The van der Waals surface area contributed by atoms with Crippen LogP contribution in [0.2, 0.25) is 0 Å². The second-order valence-electron chi connectivity index (χ2n) is 7.95. The highest BCUT2D eigenvalue weighted by Crippen LogP contribution is 2.27. The Hall–Kier alpha value is -2.90. The van der Waals surface area contributed by atoms with E-state index in [1.807, 2.05) is 5.38 Å². The molecule has 2 aromatic carbocycles. The summed E-state index contributed by atoms with van der Waals surface area (Å²) in [7, 11) is 0. The van der Waals surface area contributed by atoms with Crippen molar-refractivity contribution >= 4 is 22.6 Å². The molecule has 0 radical (unpaired) electrons. The molecule has 3 nitrogen and oxygen atoms in total. The lowest BCUT2D eigenvalue weighted by Gasteiger charge is -2.05. The lowest BCUT2D eigenvalue weighted by atomic mass is 10.0. The number of anilines is 1. The Morgan fingerprint density at radius 2 is 1.80 bits per heavy atom. The molecular weight excluding hydrogens is 386 g/mol. The van der Waals surface area contributed by atoms with E-state index in [-0.39, 0.29) is 0 Å². The van der Waals surface area contributed by atoms with E-state index < -0.39 is 0 Å². The van der Waals surface area contributed by atoms with Crippen molar-refractivity contribution in [3.05, 3.63) is 76.2 Å². The normalized spacial score (nSPS) is 11.5. The van der Waals surface area contributed by atoms with Crippen LogP contribution >= 0.6 is 11.3 Å². The highest BCUT2D eigenvalue weighted by molar-refractivity contribution is 7.11. The number of unbranched alkanes of at least 4 members (excludes halogenated alkanes) is 1. The molecule has 154 valence electrons. The van der Waals surface area contributed by atoms with E-state index >= 15 is 0 Å². The van der Waals surface area contributed by atoms with Gasteiger partial charge in [-0.05, 0) is 48.4 Å². The first-order valence-electron chi connectivity index (χ1n) is 10.6. The number of hydrogen-bond donors (Lipinski definition) is 1. The molecule has 0 aliphatic carbocycles. The number of hydrogen-bond acceptors (Lipinski definition) is 4. The lowest BCUT2D eigenvalue weighted by molar-refractivity contribution is 0.647. The maximum absolute atomic E-state index is 9.61. The molecule has 1 N–H and O–H groups in total. The van der Waals surface area contributed by atoms with E-state index in [1.165, 1.54) is 35.3 Å². The number of nitriles is 1. The standard InChI is InChI=1S/C26H29N3S/c1-4-5-6-20-9-13-24(14-10-20)28-17-23(16-27)26-29-25(18-30-26)22-11-7-21(8-12-22)15-19(2)3/h7-14,17-19,28H,4-6,15H2,1-3H3. The summed E-state index contributed by atoms with van der Waals surface area (Å²) in [6, 6.07) is 19.2. The van der Waals surface area contributed by atoms with Gasteiger partial charge in [0.05, 0.1) is 5.69 Å². The lowest BCUT2D eigenvalue weighted by Crippen LogP contribution is -1.93. The summed E-state index contributed by atoms with van der Waals surface area (Å²) in [6.07, 6.45) is 6.34. The fourth-order valence-corrected chi connectivity index (χ4v) is 4.05. The van der Waals surface area contributed by atoms with Crippen molar-refractivity contribution in [2.45, 2.75) is 46.5 Å². The van der Waals surface area contributed by atoms with Gasteiger partial charge in [-0.15, -0.1) is 11.3 Å². The predicted molar refractivity (Wildman–Crippen MR) is 128 cm³/mol. The first kappa shape index (κ1) is 21.8. The minimum absolute atomic E-state index is 0.540. The first-order valence-corrected chi connectivity index (χ1v) is 11.5. The molecule has 30 heavy (non-hydrogen) atoms. The number of thiazole rings is 1. The van der Waals surface area contributed by atoms with Crippen LogP contribution in [0.1, 0.15) is 49.7 Å². The van der Waals surface area contributed by atoms with Crippen molar-refractivity contribution < 1.29 is 0 Å². The number of aryl methyl sites for hydroxylation is 1. The molecule has 0 spiro atoms. The molecule has 3 rings (SSSR count). The van der Waals surface area contributed by atoms with Crippen molar-refractivity contribution in [3.8, 4) is 17.3 Å². The number of allylic oxidation sites excluding steroid dienone is 1. The van der Waals surface area contributed by atoms with E-state index in [0.717, 1.165) is 34.8 Å². The Morgan fingerprint density at radius 1 is 1.10 bits per heavy atom. The third-order valence-corrected chi connectivity index (χ3v) is 5.78. The van der Waals surface area contributed by atoms with Crippen LogP contribution in [0, 0.1) is 17.2 Å². The van der Waals surface area contributed by atoms with Crippen LogP contribution in [0.25, 0.3) is 16.8 Å². The van der Waals surface area contributed by atoms with Crippen molar-refractivity contribution in [2.24, 2.45) is 5.92 Å². The summed E-state index contributed by atoms with van der Waals surface area (Å²) in [5.41, 5.74) is 6.19. The quantitative estimate of drug-likeness (QED) is 0.372. The highest BCUT2D eigenvalue weighted by atomic mass is 32.1. The Balaban J connectivity index is 1.68. The number of nitrogens with zero attached hydrogens (tertiary/aromatic N) is 2. The van der Waals surface area contributed by atoms with Gasteiger partial charge in [-0.3, -0.25) is 0 Å². The maximum Gasteiger partial charge on any atom is 0.136 e. The second kappa shape index (κ2) is 10.8. The molecule has 0 amide bonds. The minimum Gasteiger partial charge on any atom is -0.360 e. The van der Waals surface area contributed by atoms with Gasteiger partial charge >= 0.3 is 0 Å². The fourth-order valence-electron chi connectivity index (χ4n) is 3.26. The largest absolute Gasteiger partial charge is 0.360 e. The number of nitrogens with one attached hydrogen (secondary N) is 1. The van der Waals surface area contributed by atoms with Crippen LogP contribution in [0.3, 0.4) is 0 Å². The summed E-state index contributed by atoms with van der Waals surface area (Å²) >= 11 is 1.50. The SMILES string of the molecule is CCCCc1ccc(NC=C(C#N)c2nc(-c3ccc(CC(C)C)cc3)cs2)cc1. The zero-order valence-electron chi connectivity index (χ0n) is 18.0. The summed E-state index contributed by atoms with van der Waals surface area (Å²) < 4.78 is 0. The van der Waals surface area contributed by atoms with Gasteiger partial charge in [0, 0.05) is 22.8 Å². The zero-order chi connectivity index (χ0) is 21.3. The average Bonchev–Trinajstić information content (AvgIpc) is 3.24. The average molecular weight is 416 g/mol. The Labute approximate surface area is 184 Å². The Bertz CT molecular complexity index is 1010. The Morgan fingerprint density at radius 3 is 2.43 bits per heavy atom. The monoisotopic (exact) mass is 415 g/mol. The molecule has 0 saturated heterocycles. The van der Waals surface area contributed by atoms with Crippen molar-refractivity contribution in [1.29, 1.82) is 5.26 Å². The van der Waals surface area contributed by atoms with Gasteiger partial charge < -0.3 is 5.32 Å². The van der Waals surface area contributed by atoms with Crippen LogP contribution in [-0.2, 0) is 12.8 Å². The molecule has 0 saturated carbocycles. The van der Waals surface area contributed by atoms with Gasteiger partial charge in [0.25, 0.3) is 0 Å². The van der Waals surface area contributed by atoms with Crippen molar-refractivity contribution in [3.63, 3.8) is 0 Å². The maximum atomic E-state index is 9.61. The number of aromatic nitrogens is 1. The molecule has 1 aromatic heterocycles. The molecule has 0 bridgehead atoms. The molecule has 0 fully saturated rings. The van der Waals surface area contributed by atoms with Crippen LogP contribution in [-0.4, -0.2) is 4.98 Å². The summed E-state index contributed by atoms with van der Waals surface area (Å²) in [5.74, 6) is 0.644.